The van der Waals surface area contributed by atoms with Gasteiger partial charge in [-0.25, -0.2) is 0 Å². The summed E-state index contributed by atoms with van der Waals surface area (Å²) in [5.74, 6) is -1.39. The van der Waals surface area contributed by atoms with Crippen LogP contribution in [-0.4, -0.2) is 74.1 Å². The van der Waals surface area contributed by atoms with E-state index in [2.05, 4.69) is 81.5 Å². The molecule has 0 saturated carbocycles. The van der Waals surface area contributed by atoms with E-state index in [9.17, 15) is 19.7 Å². The van der Waals surface area contributed by atoms with E-state index in [1.54, 1.807) is 12.1 Å². The highest BCUT2D eigenvalue weighted by molar-refractivity contribution is 6.04. The second kappa shape index (κ2) is 17.9. The summed E-state index contributed by atoms with van der Waals surface area (Å²) >= 11 is 0. The van der Waals surface area contributed by atoms with Gasteiger partial charge in [0.05, 0.1) is 29.4 Å². The third kappa shape index (κ3) is 8.73. The molecule has 1 atom stereocenters. The van der Waals surface area contributed by atoms with Gasteiger partial charge in [-0.1, -0.05) is 79.7 Å². The lowest BCUT2D eigenvalue weighted by Gasteiger charge is -2.43. The highest BCUT2D eigenvalue weighted by atomic mass is 16.6. The van der Waals surface area contributed by atoms with Crippen LogP contribution < -0.4 is 21.7 Å². The summed E-state index contributed by atoms with van der Waals surface area (Å²) in [7, 11) is 0. The molecule has 2 aliphatic heterocycles. The fraction of sp³-hybridized carbons (Fsp3) is 0.400. The maximum Gasteiger partial charge on any atom is 0.269 e. The van der Waals surface area contributed by atoms with Crippen LogP contribution in [0.4, 0.5) is 5.69 Å². The van der Waals surface area contributed by atoms with E-state index in [-0.39, 0.29) is 29.5 Å². The van der Waals surface area contributed by atoms with E-state index in [0.29, 0.717) is 60.8 Å². The molecule has 11 heteroatoms. The zero-order valence-corrected chi connectivity index (χ0v) is 29.7. The van der Waals surface area contributed by atoms with Gasteiger partial charge >= 0.3 is 0 Å². The van der Waals surface area contributed by atoms with Crippen LogP contribution in [0.15, 0.2) is 107 Å². The first-order chi connectivity index (χ1) is 24.8. The second-order valence-electron chi connectivity index (χ2n) is 13.0. The van der Waals surface area contributed by atoms with E-state index in [1.807, 2.05) is 13.8 Å². The first kappa shape index (κ1) is 37.4. The molecule has 1 unspecified atom stereocenters. The predicted octanol–water partition coefficient (Wildman–Crippen LogP) is 4.90. The number of dihydropyridines is 1. The van der Waals surface area contributed by atoms with E-state index < -0.39 is 10.8 Å². The minimum atomic E-state index is -0.767. The van der Waals surface area contributed by atoms with Gasteiger partial charge in [0, 0.05) is 54.4 Å². The number of likely N-dealkylation sites (tertiary alicyclic amines) is 1. The van der Waals surface area contributed by atoms with Crippen molar-refractivity contribution < 1.29 is 19.2 Å². The Balaban J connectivity index is 1.31. The Morgan fingerprint density at radius 3 is 2.04 bits per heavy atom. The average molecular weight is 695 g/mol. The number of nitrogens with zero attached hydrogens (tertiary/aromatic N) is 2. The molecular weight excluding hydrogens is 644 g/mol. The number of amides is 2. The number of non-ortho nitro benzene ring substituents is 1. The van der Waals surface area contributed by atoms with Crippen molar-refractivity contribution in [1.29, 1.82) is 0 Å². The number of nitro groups is 1. The molecule has 2 heterocycles. The molecule has 0 spiro atoms. The number of ether oxygens (including phenoxy) is 1. The molecule has 1 fully saturated rings. The Morgan fingerprint density at radius 1 is 0.902 bits per heavy atom. The van der Waals surface area contributed by atoms with Crippen LogP contribution in [0.1, 0.15) is 62.1 Å². The van der Waals surface area contributed by atoms with Crippen molar-refractivity contribution in [3.05, 3.63) is 134 Å². The molecule has 51 heavy (non-hydrogen) atoms. The van der Waals surface area contributed by atoms with Gasteiger partial charge in [-0.3, -0.25) is 19.7 Å². The third-order valence-electron chi connectivity index (χ3n) is 9.95. The lowest BCUT2D eigenvalue weighted by molar-refractivity contribution is -0.384. The van der Waals surface area contributed by atoms with E-state index in [4.69, 9.17) is 10.5 Å². The van der Waals surface area contributed by atoms with Crippen LogP contribution in [0, 0.1) is 10.1 Å². The molecule has 5 rings (SSSR count). The number of rotatable bonds is 16. The molecule has 2 aliphatic rings. The topological polar surface area (TPSA) is 152 Å². The standard InChI is InChI=1S/C40H50N6O5/c1-3-33-36(35(29-16-18-32(19-17-29)46(49)50)37(38(47)42-4-2)34(44-33)28-51-27-22-41)39(48)43-23-11-24-45-25-20-40(21-26-45,30-12-7-5-8-13-30)31-14-9-6-10-15-31/h5-10,12-19,35,44H,3-4,11,20-28,41H2,1-2H3,(H,42,47)(H,43,48). The number of likely N-dealkylation sites (N-methyl/N-ethyl adjacent to an activating group) is 1. The maximum absolute atomic E-state index is 14.1. The number of piperidine rings is 1. The molecule has 0 aliphatic carbocycles. The lowest BCUT2D eigenvalue weighted by atomic mass is 9.68. The third-order valence-corrected chi connectivity index (χ3v) is 9.95. The van der Waals surface area contributed by atoms with Crippen molar-refractivity contribution in [3.63, 3.8) is 0 Å². The molecule has 0 bridgehead atoms. The summed E-state index contributed by atoms with van der Waals surface area (Å²) in [6.07, 6.45) is 3.27. The lowest BCUT2D eigenvalue weighted by Crippen LogP contribution is -2.44. The summed E-state index contributed by atoms with van der Waals surface area (Å²) in [6, 6.07) is 27.6. The highest BCUT2D eigenvalue weighted by Gasteiger charge is 2.39. The van der Waals surface area contributed by atoms with Crippen LogP contribution in [0.25, 0.3) is 0 Å². The maximum atomic E-state index is 14.1. The molecule has 1 saturated heterocycles. The zero-order valence-electron chi connectivity index (χ0n) is 29.7. The van der Waals surface area contributed by atoms with Gasteiger partial charge in [-0.05, 0) is 68.9 Å². The van der Waals surface area contributed by atoms with Gasteiger partial charge in [-0.2, -0.15) is 0 Å². The molecule has 5 N–H and O–H groups in total. The van der Waals surface area contributed by atoms with Crippen molar-refractivity contribution in [2.45, 2.75) is 50.9 Å². The number of hydrogen-bond donors (Lipinski definition) is 4. The number of allylic oxidation sites excluding steroid dienone is 1. The van der Waals surface area contributed by atoms with E-state index in [1.165, 1.54) is 23.3 Å². The highest BCUT2D eigenvalue weighted by Crippen LogP contribution is 2.42. The smallest absolute Gasteiger partial charge is 0.269 e. The largest absolute Gasteiger partial charge is 0.374 e. The van der Waals surface area contributed by atoms with Gasteiger partial charge < -0.3 is 31.3 Å². The number of carbonyl (C=O) groups excluding carboxylic acids is 2. The number of nitrogens with two attached hydrogens (primary N) is 1. The summed E-state index contributed by atoms with van der Waals surface area (Å²) in [6.45, 7) is 8.06. The molecule has 11 nitrogen and oxygen atoms in total. The zero-order chi connectivity index (χ0) is 36.2. The fourth-order valence-corrected chi connectivity index (χ4v) is 7.39. The van der Waals surface area contributed by atoms with Crippen molar-refractivity contribution in [1.82, 2.24) is 20.9 Å². The quantitative estimate of drug-likeness (QED) is 0.0940. The van der Waals surface area contributed by atoms with Crippen LogP contribution in [-0.2, 0) is 19.7 Å². The number of nitrogens with one attached hydrogen (secondary N) is 3. The van der Waals surface area contributed by atoms with Gasteiger partial charge in [0.25, 0.3) is 5.69 Å². The van der Waals surface area contributed by atoms with Crippen LogP contribution in [0.2, 0.25) is 0 Å². The van der Waals surface area contributed by atoms with Crippen LogP contribution >= 0.6 is 0 Å². The van der Waals surface area contributed by atoms with Gasteiger partial charge in [0.15, 0.2) is 0 Å². The number of benzene rings is 3. The molecule has 270 valence electrons. The summed E-state index contributed by atoms with van der Waals surface area (Å²) < 4.78 is 5.76. The van der Waals surface area contributed by atoms with Crippen molar-refractivity contribution in [3.8, 4) is 0 Å². The number of hydrogen-bond acceptors (Lipinski definition) is 8. The van der Waals surface area contributed by atoms with Gasteiger partial charge in [0.2, 0.25) is 11.8 Å². The summed E-state index contributed by atoms with van der Waals surface area (Å²) in [5.41, 5.74) is 10.8. The minimum absolute atomic E-state index is 0.0272. The Bertz CT molecular complexity index is 1660. The van der Waals surface area contributed by atoms with Crippen LogP contribution in [0.3, 0.4) is 0 Å². The van der Waals surface area contributed by atoms with Gasteiger partial charge in [-0.15, -0.1) is 0 Å². The molecule has 2 amide bonds. The Labute approximate surface area is 300 Å². The molecule has 3 aromatic rings. The number of carbonyl (C=O) groups is 2. The monoisotopic (exact) mass is 694 g/mol. The SMILES string of the molecule is CCNC(=O)C1=C(COCCN)NC(CC)=C(C(=O)NCCCN2CCC(c3ccccc3)(c3ccccc3)CC2)C1c1ccc([N+](=O)[O-])cc1. The van der Waals surface area contributed by atoms with E-state index >= 15 is 0 Å². The molecule has 0 radical (unpaired) electrons. The molecular formula is C40H50N6O5. The second-order valence-corrected chi connectivity index (χ2v) is 13.0. The van der Waals surface area contributed by atoms with Gasteiger partial charge in [0.1, 0.15) is 0 Å². The first-order valence-corrected chi connectivity index (χ1v) is 18.0. The van der Waals surface area contributed by atoms with E-state index in [0.717, 1.165) is 38.9 Å². The van der Waals surface area contributed by atoms with Crippen LogP contribution in [0.5, 0.6) is 0 Å². The van der Waals surface area contributed by atoms with Crippen molar-refractivity contribution in [2.24, 2.45) is 5.73 Å². The Hall–Kier alpha value is -4.84. The first-order valence-electron chi connectivity index (χ1n) is 18.0. The summed E-state index contributed by atoms with van der Waals surface area (Å²) in [4.78, 5) is 41.3. The Morgan fingerprint density at radius 2 is 1.49 bits per heavy atom. The van der Waals surface area contributed by atoms with Crippen molar-refractivity contribution in [2.75, 3.05) is 52.5 Å². The molecule has 0 aromatic heterocycles. The minimum Gasteiger partial charge on any atom is -0.374 e. The Kier molecular flexibility index (Phi) is 13.1. The summed E-state index contributed by atoms with van der Waals surface area (Å²) in [5, 5.41) is 20.8. The normalized spacial score (nSPS) is 17.5. The predicted molar refractivity (Wildman–Crippen MR) is 199 cm³/mol. The van der Waals surface area contributed by atoms with Crippen molar-refractivity contribution >= 4 is 17.5 Å². The number of nitro benzene ring substituents is 1. The molecule has 3 aromatic carbocycles. The average Bonchev–Trinajstić information content (AvgIpc) is 3.17. The fourth-order valence-electron chi connectivity index (χ4n) is 7.39.